The van der Waals surface area contributed by atoms with Crippen molar-refractivity contribution >= 4 is 5.69 Å². The van der Waals surface area contributed by atoms with E-state index in [2.05, 4.69) is 0 Å². The summed E-state index contributed by atoms with van der Waals surface area (Å²) < 4.78 is 0. The zero-order valence-corrected chi connectivity index (χ0v) is 6.98. The number of para-hydroxylation sites is 1. The number of aliphatic hydroxyl groups excluding tert-OH is 1. The van der Waals surface area contributed by atoms with E-state index in [-0.39, 0.29) is 6.61 Å². The fourth-order valence-corrected chi connectivity index (χ4v) is 1.09. The first-order valence-electron chi connectivity index (χ1n) is 3.99. The molecule has 0 saturated heterocycles. The van der Waals surface area contributed by atoms with Crippen LogP contribution in [0.1, 0.15) is 0 Å². The third-order valence-corrected chi connectivity index (χ3v) is 1.71. The summed E-state index contributed by atoms with van der Waals surface area (Å²) in [5.41, 5.74) is 6.56. The van der Waals surface area contributed by atoms with Gasteiger partial charge in [-0.1, -0.05) is 18.2 Å². The standard InChI is InChI=1S/C9H14N2O/c10-8-11(6-7-12)9-4-2-1-3-5-9/h1-5,12H,6-8,10H2. The Morgan fingerprint density at radius 3 is 2.42 bits per heavy atom. The molecular formula is C9H14N2O. The van der Waals surface area contributed by atoms with Crippen LogP contribution < -0.4 is 10.6 Å². The summed E-state index contributed by atoms with van der Waals surface area (Å²) in [5.74, 6) is 0. The van der Waals surface area contributed by atoms with Gasteiger partial charge >= 0.3 is 0 Å². The molecule has 3 nitrogen and oxygen atoms in total. The first kappa shape index (κ1) is 9.03. The second kappa shape index (κ2) is 4.74. The van der Waals surface area contributed by atoms with Crippen LogP contribution in [0, 0.1) is 0 Å². The van der Waals surface area contributed by atoms with Crippen LogP contribution in [0.2, 0.25) is 0 Å². The number of aliphatic hydroxyl groups is 1. The van der Waals surface area contributed by atoms with Gasteiger partial charge in [0.1, 0.15) is 0 Å². The lowest BCUT2D eigenvalue weighted by Gasteiger charge is -2.21. The highest BCUT2D eigenvalue weighted by Crippen LogP contribution is 2.10. The van der Waals surface area contributed by atoms with Gasteiger partial charge in [0.05, 0.1) is 13.3 Å². The molecule has 0 fully saturated rings. The monoisotopic (exact) mass is 166 g/mol. The number of nitrogens with zero attached hydrogens (tertiary/aromatic N) is 1. The molecule has 66 valence electrons. The summed E-state index contributed by atoms with van der Waals surface area (Å²) in [6.07, 6.45) is 0. The largest absolute Gasteiger partial charge is 0.395 e. The molecule has 0 radical (unpaired) electrons. The number of benzene rings is 1. The van der Waals surface area contributed by atoms with E-state index < -0.39 is 0 Å². The van der Waals surface area contributed by atoms with Crippen molar-refractivity contribution < 1.29 is 5.11 Å². The number of rotatable bonds is 4. The lowest BCUT2D eigenvalue weighted by Crippen LogP contribution is -2.32. The molecule has 0 unspecified atom stereocenters. The summed E-state index contributed by atoms with van der Waals surface area (Å²) in [7, 11) is 0. The van der Waals surface area contributed by atoms with Gasteiger partial charge in [-0.05, 0) is 12.1 Å². The molecule has 0 saturated carbocycles. The normalized spacial score (nSPS) is 9.83. The van der Waals surface area contributed by atoms with Gasteiger partial charge in [-0.15, -0.1) is 0 Å². The highest BCUT2D eigenvalue weighted by molar-refractivity contribution is 5.45. The molecule has 0 aliphatic carbocycles. The van der Waals surface area contributed by atoms with Crippen LogP contribution in [0.4, 0.5) is 5.69 Å². The fraction of sp³-hybridized carbons (Fsp3) is 0.333. The number of nitrogens with two attached hydrogens (primary N) is 1. The van der Waals surface area contributed by atoms with Crippen molar-refractivity contribution in [2.45, 2.75) is 0 Å². The SMILES string of the molecule is NCN(CCO)c1ccccc1. The lowest BCUT2D eigenvalue weighted by atomic mass is 10.3. The zero-order valence-electron chi connectivity index (χ0n) is 6.98. The van der Waals surface area contributed by atoms with Crippen molar-refractivity contribution in [2.24, 2.45) is 5.73 Å². The highest BCUT2D eigenvalue weighted by Gasteiger charge is 2.00. The van der Waals surface area contributed by atoms with Gasteiger partial charge in [0, 0.05) is 12.2 Å². The maximum absolute atomic E-state index is 8.73. The van der Waals surface area contributed by atoms with Gasteiger partial charge in [0.25, 0.3) is 0 Å². The molecule has 0 spiro atoms. The van der Waals surface area contributed by atoms with E-state index in [1.807, 2.05) is 35.2 Å². The Balaban J connectivity index is 2.66. The van der Waals surface area contributed by atoms with Crippen LogP contribution in [0.3, 0.4) is 0 Å². The molecule has 3 heteroatoms. The van der Waals surface area contributed by atoms with Gasteiger partial charge in [-0.3, -0.25) is 0 Å². The van der Waals surface area contributed by atoms with Crippen LogP contribution in [0.5, 0.6) is 0 Å². The van der Waals surface area contributed by atoms with Crippen molar-refractivity contribution in [3.8, 4) is 0 Å². The third-order valence-electron chi connectivity index (χ3n) is 1.71. The van der Waals surface area contributed by atoms with Crippen LogP contribution in [-0.2, 0) is 0 Å². The minimum absolute atomic E-state index is 0.131. The average molecular weight is 166 g/mol. The van der Waals surface area contributed by atoms with E-state index in [4.69, 9.17) is 10.8 Å². The first-order valence-corrected chi connectivity index (χ1v) is 3.99. The van der Waals surface area contributed by atoms with E-state index >= 15 is 0 Å². The van der Waals surface area contributed by atoms with Gasteiger partial charge in [0.2, 0.25) is 0 Å². The predicted octanol–water partition coefficient (Wildman–Crippen LogP) is 0.401. The van der Waals surface area contributed by atoms with E-state index in [0.29, 0.717) is 13.2 Å². The fourth-order valence-electron chi connectivity index (χ4n) is 1.09. The molecule has 0 amide bonds. The maximum Gasteiger partial charge on any atom is 0.0658 e. The van der Waals surface area contributed by atoms with E-state index in [1.54, 1.807) is 0 Å². The van der Waals surface area contributed by atoms with Gasteiger partial charge in [-0.2, -0.15) is 0 Å². The topological polar surface area (TPSA) is 49.5 Å². The molecule has 1 aromatic carbocycles. The molecule has 12 heavy (non-hydrogen) atoms. The summed E-state index contributed by atoms with van der Waals surface area (Å²) in [6.45, 7) is 1.15. The number of anilines is 1. The molecule has 0 aromatic heterocycles. The average Bonchev–Trinajstić information content (AvgIpc) is 2.15. The first-order chi connectivity index (χ1) is 5.88. The molecule has 0 bridgehead atoms. The molecule has 1 rings (SSSR count). The maximum atomic E-state index is 8.73. The van der Waals surface area contributed by atoms with Crippen LogP contribution in [0.15, 0.2) is 30.3 Å². The molecule has 0 aliphatic rings. The van der Waals surface area contributed by atoms with Crippen molar-refractivity contribution in [1.82, 2.24) is 0 Å². The minimum atomic E-state index is 0.131. The second-order valence-corrected chi connectivity index (χ2v) is 2.51. The van der Waals surface area contributed by atoms with E-state index in [9.17, 15) is 0 Å². The zero-order chi connectivity index (χ0) is 8.81. The smallest absolute Gasteiger partial charge is 0.0658 e. The summed E-state index contributed by atoms with van der Waals surface area (Å²) in [4.78, 5) is 1.92. The van der Waals surface area contributed by atoms with Gasteiger partial charge < -0.3 is 15.7 Å². The Kier molecular flexibility index (Phi) is 3.57. The lowest BCUT2D eigenvalue weighted by molar-refractivity contribution is 0.302. The Labute approximate surface area is 72.4 Å². The van der Waals surface area contributed by atoms with Crippen LogP contribution in [0.25, 0.3) is 0 Å². The summed E-state index contributed by atoms with van der Waals surface area (Å²) in [5, 5.41) is 8.73. The predicted molar refractivity (Wildman–Crippen MR) is 49.9 cm³/mol. The minimum Gasteiger partial charge on any atom is -0.395 e. The quantitative estimate of drug-likeness (QED) is 0.637. The number of hydrogen-bond donors (Lipinski definition) is 2. The Bertz CT molecular complexity index is 213. The molecule has 0 heterocycles. The Morgan fingerprint density at radius 2 is 1.92 bits per heavy atom. The molecular weight excluding hydrogens is 152 g/mol. The third kappa shape index (κ3) is 2.22. The Morgan fingerprint density at radius 1 is 1.25 bits per heavy atom. The van der Waals surface area contributed by atoms with Gasteiger partial charge in [-0.25, -0.2) is 0 Å². The van der Waals surface area contributed by atoms with E-state index in [0.717, 1.165) is 5.69 Å². The van der Waals surface area contributed by atoms with Crippen LogP contribution >= 0.6 is 0 Å². The summed E-state index contributed by atoms with van der Waals surface area (Å²) >= 11 is 0. The molecule has 1 aromatic rings. The Hall–Kier alpha value is -1.06. The molecule has 0 aliphatic heterocycles. The van der Waals surface area contributed by atoms with Crippen molar-refractivity contribution in [3.63, 3.8) is 0 Å². The van der Waals surface area contributed by atoms with Crippen LogP contribution in [-0.4, -0.2) is 24.9 Å². The van der Waals surface area contributed by atoms with Crippen molar-refractivity contribution in [2.75, 3.05) is 24.7 Å². The summed E-state index contributed by atoms with van der Waals surface area (Å²) in [6, 6.07) is 9.81. The molecule has 0 atom stereocenters. The molecule has 3 N–H and O–H groups in total. The number of hydrogen-bond acceptors (Lipinski definition) is 3. The second-order valence-electron chi connectivity index (χ2n) is 2.51. The van der Waals surface area contributed by atoms with Crippen molar-refractivity contribution in [3.05, 3.63) is 30.3 Å². The van der Waals surface area contributed by atoms with Crippen molar-refractivity contribution in [1.29, 1.82) is 0 Å². The van der Waals surface area contributed by atoms with Gasteiger partial charge in [0.15, 0.2) is 0 Å². The van der Waals surface area contributed by atoms with E-state index in [1.165, 1.54) is 0 Å². The highest BCUT2D eigenvalue weighted by atomic mass is 16.3.